The summed E-state index contributed by atoms with van der Waals surface area (Å²) in [6, 6.07) is 4.54. The van der Waals surface area contributed by atoms with Crippen LogP contribution in [0, 0.1) is 6.92 Å². The first kappa shape index (κ1) is 32.0. The average molecular weight is 564 g/mol. The molecule has 4 aliphatic heterocycles. The summed E-state index contributed by atoms with van der Waals surface area (Å²) in [5, 5.41) is 6.63. The Balaban J connectivity index is 0.000000161. The second-order valence-corrected chi connectivity index (χ2v) is 9.58. The number of aryl methyl sites for hydroxylation is 1. The molecule has 0 fully saturated rings. The van der Waals surface area contributed by atoms with Gasteiger partial charge in [0.25, 0.3) is 0 Å². The number of allylic oxidation sites excluding steroid dienone is 2. The number of imidazole rings is 1. The number of amidine groups is 1. The lowest BCUT2D eigenvalue weighted by Crippen LogP contribution is -2.37. The van der Waals surface area contributed by atoms with E-state index >= 15 is 0 Å². The van der Waals surface area contributed by atoms with Gasteiger partial charge < -0.3 is 29.8 Å². The van der Waals surface area contributed by atoms with Crippen LogP contribution in [0.2, 0.25) is 0 Å². The number of H-pyrrole nitrogens is 1. The van der Waals surface area contributed by atoms with Crippen LogP contribution in [-0.2, 0) is 20.6 Å². The Bertz CT molecular complexity index is 1300. The molecule has 1 aliphatic carbocycles. The fourth-order valence-corrected chi connectivity index (χ4v) is 5.19. The van der Waals surface area contributed by atoms with Crippen molar-refractivity contribution < 1.29 is 14.2 Å². The van der Waals surface area contributed by atoms with Gasteiger partial charge in [0.15, 0.2) is 11.5 Å². The third-order valence-electron chi connectivity index (χ3n) is 6.96. The molecule has 0 amide bonds. The third-order valence-corrected chi connectivity index (χ3v) is 6.96. The molecule has 0 radical (unpaired) electrons. The maximum Gasteiger partial charge on any atom is 0.165 e. The lowest BCUT2D eigenvalue weighted by Gasteiger charge is -2.28. The Kier molecular flexibility index (Phi) is 12.5. The molecular weight excluding hydrogens is 514 g/mol. The number of hydrogen-bond donors (Lipinski definition) is 3. The Morgan fingerprint density at radius 2 is 1.83 bits per heavy atom. The van der Waals surface area contributed by atoms with Crippen molar-refractivity contribution in [1.29, 1.82) is 0 Å². The van der Waals surface area contributed by atoms with Crippen LogP contribution in [0.5, 0.6) is 0 Å². The number of aliphatic imine (C=N–C) groups is 1. The van der Waals surface area contributed by atoms with Crippen LogP contribution < -0.4 is 10.6 Å². The molecule has 1 aromatic heterocycles. The Hall–Kier alpha value is -3.52. The van der Waals surface area contributed by atoms with E-state index in [4.69, 9.17) is 14.2 Å². The van der Waals surface area contributed by atoms with Crippen molar-refractivity contribution in [3.63, 3.8) is 0 Å². The third kappa shape index (κ3) is 7.82. The maximum absolute atomic E-state index is 5.60. The second-order valence-electron chi connectivity index (χ2n) is 9.58. The van der Waals surface area contributed by atoms with E-state index in [1.165, 1.54) is 22.4 Å². The summed E-state index contributed by atoms with van der Waals surface area (Å²) < 4.78 is 16.4. The molecule has 0 bridgehead atoms. The van der Waals surface area contributed by atoms with Crippen molar-refractivity contribution in [1.82, 2.24) is 15.3 Å². The lowest BCUT2D eigenvalue weighted by atomic mass is 10.0. The molecule has 8 heteroatoms. The van der Waals surface area contributed by atoms with E-state index in [0.29, 0.717) is 13.2 Å². The highest BCUT2D eigenvalue weighted by Crippen LogP contribution is 2.30. The zero-order valence-corrected chi connectivity index (χ0v) is 26.2. The van der Waals surface area contributed by atoms with Crippen molar-refractivity contribution in [2.24, 2.45) is 4.99 Å². The van der Waals surface area contributed by atoms with E-state index in [0.717, 1.165) is 66.8 Å². The molecule has 0 spiro atoms. The van der Waals surface area contributed by atoms with E-state index in [2.05, 4.69) is 62.9 Å². The Labute approximate surface area is 246 Å². The smallest absolute Gasteiger partial charge is 0.165 e. The van der Waals surface area contributed by atoms with Crippen LogP contribution in [0.15, 0.2) is 64.1 Å². The minimum absolute atomic E-state index is 0.0790. The van der Waals surface area contributed by atoms with Gasteiger partial charge in [-0.1, -0.05) is 52.8 Å². The SMILES string of the molecule is C/C=C\C1=C(CC)COC1.CC.CC.CC1=NC2C3=C(C=CC2N1)OCCO3.Cc1nc2c3c(ccc2[nH]1)NCC3. The summed E-state index contributed by atoms with van der Waals surface area (Å²) in [6.07, 6.45) is 10.5. The summed E-state index contributed by atoms with van der Waals surface area (Å²) in [5.41, 5.74) is 7.74. The van der Waals surface area contributed by atoms with Crippen molar-refractivity contribution in [3.05, 3.63) is 70.5 Å². The number of rotatable bonds is 2. The molecule has 1 aromatic carbocycles. The predicted octanol–water partition coefficient (Wildman–Crippen LogP) is 6.76. The summed E-state index contributed by atoms with van der Waals surface area (Å²) >= 11 is 0. The molecule has 5 heterocycles. The van der Waals surface area contributed by atoms with Gasteiger partial charge in [-0.3, -0.25) is 4.99 Å². The number of nitrogens with one attached hydrogen (secondary N) is 3. The average Bonchev–Trinajstić information content (AvgIpc) is 3.81. The van der Waals surface area contributed by atoms with E-state index in [9.17, 15) is 0 Å². The van der Waals surface area contributed by atoms with Crippen LogP contribution in [-0.4, -0.2) is 60.9 Å². The molecule has 41 heavy (non-hydrogen) atoms. The van der Waals surface area contributed by atoms with Gasteiger partial charge in [0.1, 0.15) is 25.1 Å². The lowest BCUT2D eigenvalue weighted by molar-refractivity contribution is 0.0577. The number of benzene rings is 1. The zero-order valence-electron chi connectivity index (χ0n) is 26.2. The molecule has 3 N–H and O–H groups in total. The molecule has 2 aromatic rings. The van der Waals surface area contributed by atoms with Gasteiger partial charge in [-0.15, -0.1) is 0 Å². The van der Waals surface area contributed by atoms with Crippen molar-refractivity contribution in [2.75, 3.05) is 38.3 Å². The van der Waals surface area contributed by atoms with Crippen molar-refractivity contribution >= 4 is 22.6 Å². The molecule has 0 saturated carbocycles. The minimum Gasteiger partial charge on any atom is -0.488 e. The normalized spacial score (nSPS) is 21.1. The first-order chi connectivity index (χ1) is 20.1. The topological polar surface area (TPSA) is 92.8 Å². The number of fused-ring (bicyclic) bond motifs is 5. The molecule has 224 valence electrons. The quantitative estimate of drug-likeness (QED) is 0.374. The number of hydrogen-bond acceptors (Lipinski definition) is 7. The summed E-state index contributed by atoms with van der Waals surface area (Å²) in [6.45, 7) is 20.1. The fraction of sp³-hybridized carbons (Fsp3) is 0.515. The number of aromatic amines is 1. The number of nitrogens with zero attached hydrogens (tertiary/aromatic N) is 2. The van der Waals surface area contributed by atoms with Crippen molar-refractivity contribution in [3.8, 4) is 0 Å². The van der Waals surface area contributed by atoms with Gasteiger partial charge in [-0.2, -0.15) is 0 Å². The van der Waals surface area contributed by atoms with E-state index in [1.54, 1.807) is 0 Å². The molecule has 2 unspecified atom stereocenters. The van der Waals surface area contributed by atoms with Crippen LogP contribution in [0.3, 0.4) is 0 Å². The zero-order chi connectivity index (χ0) is 29.8. The Morgan fingerprint density at radius 1 is 1.05 bits per heavy atom. The van der Waals surface area contributed by atoms with Crippen molar-refractivity contribution in [2.45, 2.75) is 80.3 Å². The van der Waals surface area contributed by atoms with E-state index in [-0.39, 0.29) is 12.1 Å². The molecule has 8 nitrogen and oxygen atoms in total. The van der Waals surface area contributed by atoms with E-state index in [1.807, 2.05) is 54.5 Å². The monoisotopic (exact) mass is 563 g/mol. The van der Waals surface area contributed by atoms with Gasteiger partial charge in [-0.05, 0) is 63.0 Å². The van der Waals surface area contributed by atoms with Gasteiger partial charge in [0.2, 0.25) is 0 Å². The highest BCUT2D eigenvalue weighted by atomic mass is 16.6. The molecule has 7 rings (SSSR count). The number of anilines is 1. The van der Waals surface area contributed by atoms with Crippen LogP contribution in [0.1, 0.15) is 66.3 Å². The van der Waals surface area contributed by atoms with Crippen LogP contribution in [0.25, 0.3) is 11.0 Å². The van der Waals surface area contributed by atoms with Gasteiger partial charge in [-0.25, -0.2) is 4.98 Å². The number of aromatic nitrogens is 2. The summed E-state index contributed by atoms with van der Waals surface area (Å²) in [7, 11) is 0. The van der Waals surface area contributed by atoms with Gasteiger partial charge in [0, 0.05) is 17.8 Å². The number of ether oxygens (including phenoxy) is 3. The van der Waals surface area contributed by atoms with Crippen LogP contribution in [0.4, 0.5) is 5.69 Å². The predicted molar refractivity (Wildman–Crippen MR) is 171 cm³/mol. The standard InChI is InChI=1S/C10H11N3.C10H12N2O2.C9H14O.2C2H6/c1-6-12-9-3-2-8-7(4-5-11-8)10(9)13-6;1-6-11-7-2-3-8-10(9(7)12-6)14-5-4-13-8;1-3-5-9-7-10-6-8(9)4-2;2*1-2/h2-3,11H,4-5H2,1H3,(H,12,13);2-3,7,9H,4-5H2,1H3,(H,11,12);3,5H,4,6-7H2,1-2H3;2*1-2H3/b;;5-3-;;. The first-order valence-corrected chi connectivity index (χ1v) is 15.2. The van der Waals surface area contributed by atoms with Crippen LogP contribution >= 0.6 is 0 Å². The molecular formula is C33H49N5O3. The summed E-state index contributed by atoms with van der Waals surface area (Å²) in [4.78, 5) is 12.2. The minimum atomic E-state index is 0.0790. The first-order valence-electron chi connectivity index (χ1n) is 15.2. The molecule has 5 aliphatic rings. The van der Waals surface area contributed by atoms with E-state index < -0.39 is 0 Å². The largest absolute Gasteiger partial charge is 0.488 e. The molecule has 2 atom stereocenters. The second kappa shape index (κ2) is 16.1. The maximum atomic E-state index is 5.60. The molecule has 0 saturated heterocycles. The van der Waals surface area contributed by atoms with Gasteiger partial charge in [0.05, 0.1) is 36.1 Å². The Morgan fingerprint density at radius 3 is 2.59 bits per heavy atom. The highest BCUT2D eigenvalue weighted by molar-refractivity contribution is 5.85. The highest BCUT2D eigenvalue weighted by Gasteiger charge is 2.36. The fourth-order valence-electron chi connectivity index (χ4n) is 5.19. The van der Waals surface area contributed by atoms with Gasteiger partial charge >= 0.3 is 0 Å². The summed E-state index contributed by atoms with van der Waals surface area (Å²) in [5.74, 6) is 3.69.